The zero-order chi connectivity index (χ0) is 20.4. The quantitative estimate of drug-likeness (QED) is 0.773. The van der Waals surface area contributed by atoms with Crippen LogP contribution in [-0.4, -0.2) is 41.2 Å². The average Bonchev–Trinajstić information content (AvgIpc) is 3.04. The molecule has 3 aliphatic heterocycles. The summed E-state index contributed by atoms with van der Waals surface area (Å²) in [5, 5.41) is 22.4. The second-order valence-corrected chi connectivity index (χ2v) is 9.26. The van der Waals surface area contributed by atoms with E-state index in [4.69, 9.17) is 4.99 Å². The Morgan fingerprint density at radius 2 is 1.90 bits per heavy atom. The third kappa shape index (κ3) is 4.37. The van der Waals surface area contributed by atoms with Crippen LogP contribution < -0.4 is 4.90 Å². The average molecular weight is 397 g/mol. The highest BCUT2D eigenvalue weighted by Gasteiger charge is 2.29. The molecule has 0 radical (unpaired) electrons. The molecule has 0 saturated carbocycles. The van der Waals surface area contributed by atoms with Crippen molar-refractivity contribution in [2.45, 2.75) is 83.7 Å². The van der Waals surface area contributed by atoms with Gasteiger partial charge in [-0.05, 0) is 93.6 Å². The fourth-order valence-electron chi connectivity index (χ4n) is 5.40. The summed E-state index contributed by atoms with van der Waals surface area (Å²) in [7, 11) is 0. The van der Waals surface area contributed by atoms with E-state index in [-0.39, 0.29) is 0 Å². The van der Waals surface area contributed by atoms with Crippen LogP contribution >= 0.6 is 0 Å². The van der Waals surface area contributed by atoms with Crippen LogP contribution in [0.15, 0.2) is 22.7 Å². The van der Waals surface area contributed by atoms with Crippen molar-refractivity contribution in [3.05, 3.63) is 34.4 Å². The summed E-state index contributed by atoms with van der Waals surface area (Å²) in [5.74, 6) is 0.416. The van der Waals surface area contributed by atoms with Crippen LogP contribution in [0, 0.1) is 0 Å². The first kappa shape index (κ1) is 20.5. The maximum Gasteiger partial charge on any atom is 0.124 e. The number of hydrogen-bond donors (Lipinski definition) is 2. The molecule has 4 rings (SSSR count). The minimum atomic E-state index is -0.993. The lowest BCUT2D eigenvalue weighted by molar-refractivity contribution is 0.110. The van der Waals surface area contributed by atoms with Crippen molar-refractivity contribution < 1.29 is 10.2 Å². The molecule has 2 N–H and O–H groups in total. The number of anilines is 1. The van der Waals surface area contributed by atoms with Crippen molar-refractivity contribution in [1.29, 1.82) is 0 Å². The number of hydrogen-bond acceptors (Lipinski definition) is 4. The molecule has 158 valence electrons. The molecule has 1 unspecified atom stereocenters. The molecule has 29 heavy (non-hydrogen) atoms. The molecule has 4 nitrogen and oxygen atoms in total. The minimum absolute atomic E-state index is 0.416. The fraction of sp³-hybridized carbons (Fsp3) is 0.640. The number of phenols is 1. The summed E-state index contributed by atoms with van der Waals surface area (Å²) in [6.45, 7) is 7.11. The monoisotopic (exact) mass is 396 g/mol. The molecule has 3 aliphatic rings. The maximum atomic E-state index is 11.3. The fourth-order valence-corrected chi connectivity index (χ4v) is 5.40. The molecular formula is C25H36N2O2. The first-order chi connectivity index (χ1) is 14.0. The van der Waals surface area contributed by atoms with Gasteiger partial charge in [-0.15, -0.1) is 0 Å². The number of rotatable bonds is 4. The van der Waals surface area contributed by atoms with Gasteiger partial charge in [0.15, 0.2) is 0 Å². The number of aryl methyl sites for hydroxylation is 1. The largest absolute Gasteiger partial charge is 0.507 e. The second-order valence-electron chi connectivity index (χ2n) is 9.26. The topological polar surface area (TPSA) is 56.1 Å². The Hall–Kier alpha value is -1.81. The van der Waals surface area contributed by atoms with Gasteiger partial charge < -0.3 is 15.1 Å². The Morgan fingerprint density at radius 1 is 1.10 bits per heavy atom. The van der Waals surface area contributed by atoms with E-state index < -0.39 is 5.60 Å². The number of allylic oxidation sites excluding steroid dienone is 1. The molecule has 0 bridgehead atoms. The molecule has 0 aliphatic carbocycles. The molecule has 3 heterocycles. The number of benzene rings is 1. The van der Waals surface area contributed by atoms with Gasteiger partial charge in [0.2, 0.25) is 0 Å². The van der Waals surface area contributed by atoms with Crippen molar-refractivity contribution in [2.75, 3.05) is 24.5 Å². The van der Waals surface area contributed by atoms with Crippen molar-refractivity contribution in [3.63, 3.8) is 0 Å². The molecule has 1 aromatic rings. The normalized spacial score (nSPS) is 23.1. The van der Waals surface area contributed by atoms with Gasteiger partial charge in [0.05, 0.1) is 5.60 Å². The Labute approximate surface area is 175 Å². The summed E-state index contributed by atoms with van der Waals surface area (Å²) in [6, 6.07) is 2.17. The molecule has 1 aromatic carbocycles. The highest BCUT2D eigenvalue weighted by Crippen LogP contribution is 2.42. The SMILES string of the molecule is CCC1=NCCCC/C1=C/C(C)(O)Cc1cc2c3c(c1O)CCCN3CCCC2. The highest BCUT2D eigenvalue weighted by atomic mass is 16.3. The zero-order valence-corrected chi connectivity index (χ0v) is 18.1. The lowest BCUT2D eigenvalue weighted by atomic mass is 9.86. The Bertz CT molecular complexity index is 823. The van der Waals surface area contributed by atoms with Gasteiger partial charge in [-0.2, -0.15) is 0 Å². The molecule has 4 heteroatoms. The molecule has 0 aromatic heterocycles. The van der Waals surface area contributed by atoms with Crippen molar-refractivity contribution in [3.8, 4) is 5.75 Å². The summed E-state index contributed by atoms with van der Waals surface area (Å²) in [6.07, 6.45) is 12.1. The van der Waals surface area contributed by atoms with Crippen LogP contribution in [0.3, 0.4) is 0 Å². The van der Waals surface area contributed by atoms with E-state index in [1.54, 1.807) is 0 Å². The van der Waals surface area contributed by atoms with E-state index in [1.165, 1.54) is 29.7 Å². The Kier molecular flexibility index (Phi) is 6.00. The minimum Gasteiger partial charge on any atom is -0.507 e. The predicted molar refractivity (Wildman–Crippen MR) is 120 cm³/mol. The summed E-state index contributed by atoms with van der Waals surface area (Å²) in [5.41, 5.74) is 5.99. The van der Waals surface area contributed by atoms with Gasteiger partial charge in [0.1, 0.15) is 5.75 Å². The number of phenolic OH excluding ortho intramolecular Hbond substituents is 1. The summed E-state index contributed by atoms with van der Waals surface area (Å²) in [4.78, 5) is 7.20. The third-order valence-corrected chi connectivity index (χ3v) is 6.72. The van der Waals surface area contributed by atoms with Gasteiger partial charge >= 0.3 is 0 Å². The van der Waals surface area contributed by atoms with E-state index in [0.717, 1.165) is 81.4 Å². The van der Waals surface area contributed by atoms with Crippen LogP contribution in [-0.2, 0) is 19.3 Å². The number of aliphatic hydroxyl groups is 1. The van der Waals surface area contributed by atoms with Crippen LogP contribution in [0.2, 0.25) is 0 Å². The van der Waals surface area contributed by atoms with E-state index in [9.17, 15) is 10.2 Å². The Morgan fingerprint density at radius 3 is 2.72 bits per heavy atom. The first-order valence-corrected chi connectivity index (χ1v) is 11.6. The van der Waals surface area contributed by atoms with Gasteiger partial charge in [-0.3, -0.25) is 4.99 Å². The van der Waals surface area contributed by atoms with Gasteiger partial charge in [-0.25, -0.2) is 0 Å². The molecule has 0 spiro atoms. The zero-order valence-electron chi connectivity index (χ0n) is 18.1. The highest BCUT2D eigenvalue weighted by molar-refractivity contribution is 6.00. The van der Waals surface area contributed by atoms with Gasteiger partial charge in [0.25, 0.3) is 0 Å². The summed E-state index contributed by atoms with van der Waals surface area (Å²) >= 11 is 0. The lowest BCUT2D eigenvalue weighted by Crippen LogP contribution is -2.31. The smallest absolute Gasteiger partial charge is 0.124 e. The number of aliphatic imine (C=N–C) groups is 1. The standard InChI is InChI=1S/C25H36N2O2/c1-3-22-19(10-4-6-12-26-22)16-25(2,29)17-20-15-18-9-5-7-13-27-14-8-11-21(23(18)27)24(20)28/h15-16,28-29H,3-14,17H2,1-2H3/b19-16-. The van der Waals surface area contributed by atoms with Gasteiger partial charge in [0, 0.05) is 43.0 Å². The van der Waals surface area contributed by atoms with Crippen molar-refractivity contribution in [1.82, 2.24) is 0 Å². The van der Waals surface area contributed by atoms with Crippen LogP contribution in [0.4, 0.5) is 5.69 Å². The Balaban J connectivity index is 1.67. The van der Waals surface area contributed by atoms with Crippen molar-refractivity contribution >= 4 is 11.4 Å². The number of nitrogens with zero attached hydrogens (tertiary/aromatic N) is 2. The molecule has 0 fully saturated rings. The first-order valence-electron chi connectivity index (χ1n) is 11.6. The van der Waals surface area contributed by atoms with Crippen molar-refractivity contribution in [2.24, 2.45) is 4.99 Å². The van der Waals surface area contributed by atoms with Gasteiger partial charge in [-0.1, -0.05) is 6.92 Å². The van der Waals surface area contributed by atoms with Crippen LogP contribution in [0.1, 0.15) is 75.5 Å². The van der Waals surface area contributed by atoms with Crippen LogP contribution in [0.5, 0.6) is 5.75 Å². The van der Waals surface area contributed by atoms with E-state index >= 15 is 0 Å². The second kappa shape index (κ2) is 8.51. The molecule has 1 atom stereocenters. The lowest BCUT2D eigenvalue weighted by Gasteiger charge is -2.33. The number of aromatic hydroxyl groups is 1. The van der Waals surface area contributed by atoms with E-state index in [2.05, 4.69) is 17.9 Å². The molecular weight excluding hydrogens is 360 g/mol. The maximum absolute atomic E-state index is 11.3. The molecule has 0 saturated heterocycles. The van der Waals surface area contributed by atoms with E-state index in [0.29, 0.717) is 12.2 Å². The molecule has 0 amide bonds. The third-order valence-electron chi connectivity index (χ3n) is 6.72. The predicted octanol–water partition coefficient (Wildman–Crippen LogP) is 4.74. The van der Waals surface area contributed by atoms with Crippen LogP contribution in [0.25, 0.3) is 0 Å². The van der Waals surface area contributed by atoms with E-state index in [1.807, 2.05) is 13.0 Å². The summed E-state index contributed by atoms with van der Waals surface area (Å²) < 4.78 is 0.